The quantitative estimate of drug-likeness (QED) is 0.802. The summed E-state index contributed by atoms with van der Waals surface area (Å²) in [4.78, 5) is 8.85. The SMILES string of the molecule is CC.Cc1nc2c(C)nn(C3CCCCO3)c2nc1Cl. The van der Waals surface area contributed by atoms with Crippen molar-refractivity contribution < 1.29 is 4.74 Å². The minimum absolute atomic E-state index is 0.0389. The van der Waals surface area contributed by atoms with Crippen molar-refractivity contribution in [2.75, 3.05) is 6.61 Å². The molecule has 1 aliphatic rings. The van der Waals surface area contributed by atoms with Crippen LogP contribution in [0.15, 0.2) is 0 Å². The Bertz CT molecular complexity index is 590. The lowest BCUT2D eigenvalue weighted by molar-refractivity contribution is -0.0371. The van der Waals surface area contributed by atoms with E-state index in [2.05, 4.69) is 15.1 Å². The van der Waals surface area contributed by atoms with E-state index >= 15 is 0 Å². The van der Waals surface area contributed by atoms with Crippen LogP contribution < -0.4 is 0 Å². The van der Waals surface area contributed by atoms with Crippen LogP contribution in [0.1, 0.15) is 50.7 Å². The summed E-state index contributed by atoms with van der Waals surface area (Å²) < 4.78 is 7.57. The number of fused-ring (bicyclic) bond motifs is 1. The molecule has 3 heterocycles. The number of rotatable bonds is 1. The van der Waals surface area contributed by atoms with E-state index in [0.717, 1.165) is 48.4 Å². The fourth-order valence-corrected chi connectivity index (χ4v) is 2.39. The van der Waals surface area contributed by atoms with Crippen molar-refractivity contribution in [3.8, 4) is 0 Å². The number of halogens is 1. The van der Waals surface area contributed by atoms with Crippen LogP contribution in [0.5, 0.6) is 0 Å². The highest BCUT2D eigenvalue weighted by atomic mass is 35.5. The number of hydrogen-bond donors (Lipinski definition) is 0. The van der Waals surface area contributed by atoms with Crippen LogP contribution in [0, 0.1) is 13.8 Å². The Labute approximate surface area is 124 Å². The van der Waals surface area contributed by atoms with Crippen LogP contribution in [0.3, 0.4) is 0 Å². The first kappa shape index (κ1) is 15.2. The third kappa shape index (κ3) is 2.79. The summed E-state index contributed by atoms with van der Waals surface area (Å²) >= 11 is 6.05. The number of ether oxygens (including phenoxy) is 1. The molecule has 0 N–H and O–H groups in total. The molecule has 1 atom stereocenters. The van der Waals surface area contributed by atoms with Gasteiger partial charge in [-0.05, 0) is 33.1 Å². The largest absolute Gasteiger partial charge is 0.356 e. The van der Waals surface area contributed by atoms with Gasteiger partial charge in [0.15, 0.2) is 17.0 Å². The molecular weight excluding hydrogens is 276 g/mol. The molecule has 0 aliphatic carbocycles. The molecule has 110 valence electrons. The minimum atomic E-state index is -0.0389. The zero-order chi connectivity index (χ0) is 14.7. The average Bonchev–Trinajstić information content (AvgIpc) is 2.80. The highest BCUT2D eigenvalue weighted by molar-refractivity contribution is 6.30. The van der Waals surface area contributed by atoms with Crippen LogP contribution in [-0.2, 0) is 4.74 Å². The molecule has 0 saturated carbocycles. The molecule has 6 heteroatoms. The zero-order valence-electron chi connectivity index (χ0n) is 12.5. The topological polar surface area (TPSA) is 52.8 Å². The first-order chi connectivity index (χ1) is 9.66. The average molecular weight is 297 g/mol. The van der Waals surface area contributed by atoms with Crippen molar-refractivity contribution in [1.82, 2.24) is 19.7 Å². The summed E-state index contributed by atoms with van der Waals surface area (Å²) in [7, 11) is 0. The van der Waals surface area contributed by atoms with Crippen molar-refractivity contribution in [3.05, 3.63) is 16.5 Å². The Hall–Kier alpha value is -1.20. The molecule has 2 aromatic rings. The molecule has 1 aliphatic heterocycles. The lowest BCUT2D eigenvalue weighted by Gasteiger charge is -2.22. The molecule has 0 spiro atoms. The Kier molecular flexibility index (Phi) is 4.94. The van der Waals surface area contributed by atoms with Crippen LogP contribution in [0.25, 0.3) is 11.2 Å². The van der Waals surface area contributed by atoms with E-state index in [0.29, 0.717) is 5.15 Å². The van der Waals surface area contributed by atoms with E-state index in [9.17, 15) is 0 Å². The second-order valence-electron chi connectivity index (χ2n) is 4.62. The van der Waals surface area contributed by atoms with E-state index in [1.807, 2.05) is 32.4 Å². The van der Waals surface area contributed by atoms with Gasteiger partial charge in [0.25, 0.3) is 0 Å². The molecule has 1 saturated heterocycles. The molecule has 1 fully saturated rings. The van der Waals surface area contributed by atoms with Gasteiger partial charge < -0.3 is 4.74 Å². The van der Waals surface area contributed by atoms with Crippen LogP contribution in [-0.4, -0.2) is 26.4 Å². The second kappa shape index (κ2) is 6.50. The van der Waals surface area contributed by atoms with Gasteiger partial charge >= 0.3 is 0 Å². The van der Waals surface area contributed by atoms with E-state index in [1.165, 1.54) is 0 Å². The second-order valence-corrected chi connectivity index (χ2v) is 4.98. The number of aryl methyl sites for hydroxylation is 2. The zero-order valence-corrected chi connectivity index (χ0v) is 13.2. The van der Waals surface area contributed by atoms with Gasteiger partial charge in [-0.15, -0.1) is 0 Å². The summed E-state index contributed by atoms with van der Waals surface area (Å²) in [6, 6.07) is 0. The molecule has 5 nitrogen and oxygen atoms in total. The fraction of sp³-hybridized carbons (Fsp3) is 0.643. The summed E-state index contributed by atoms with van der Waals surface area (Å²) in [5.41, 5.74) is 3.13. The number of aromatic nitrogens is 4. The molecule has 0 aromatic carbocycles. The molecular formula is C14H21ClN4O. The molecule has 0 amide bonds. The summed E-state index contributed by atoms with van der Waals surface area (Å²) in [6.45, 7) is 8.56. The van der Waals surface area contributed by atoms with Crippen LogP contribution in [0.4, 0.5) is 0 Å². The van der Waals surface area contributed by atoms with Gasteiger partial charge in [0.2, 0.25) is 0 Å². The van der Waals surface area contributed by atoms with Gasteiger partial charge in [0, 0.05) is 6.61 Å². The number of nitrogens with zero attached hydrogens (tertiary/aromatic N) is 4. The molecule has 0 bridgehead atoms. The van der Waals surface area contributed by atoms with Crippen molar-refractivity contribution in [2.24, 2.45) is 0 Å². The highest BCUT2D eigenvalue weighted by Crippen LogP contribution is 2.27. The molecule has 1 unspecified atom stereocenters. The first-order valence-corrected chi connectivity index (χ1v) is 7.55. The summed E-state index contributed by atoms with van der Waals surface area (Å²) in [5, 5.41) is 4.93. The predicted octanol–water partition coefficient (Wildman–Crippen LogP) is 3.82. The van der Waals surface area contributed by atoms with Crippen molar-refractivity contribution >= 4 is 22.8 Å². The van der Waals surface area contributed by atoms with Crippen molar-refractivity contribution in [2.45, 2.75) is 53.2 Å². The third-order valence-electron chi connectivity index (χ3n) is 3.24. The monoisotopic (exact) mass is 296 g/mol. The van der Waals surface area contributed by atoms with E-state index in [-0.39, 0.29) is 6.23 Å². The standard InChI is InChI=1S/C12H15ClN4O.C2H6/c1-7-10-12(15-11(13)8(2)14-10)17(16-7)9-5-3-4-6-18-9;1-2/h9H,3-6H2,1-2H3;1-2H3. The van der Waals surface area contributed by atoms with Gasteiger partial charge in [0.1, 0.15) is 5.52 Å². The van der Waals surface area contributed by atoms with Crippen LogP contribution >= 0.6 is 11.6 Å². The first-order valence-electron chi connectivity index (χ1n) is 7.17. The molecule has 0 radical (unpaired) electrons. The van der Waals surface area contributed by atoms with E-state index < -0.39 is 0 Å². The third-order valence-corrected chi connectivity index (χ3v) is 3.60. The van der Waals surface area contributed by atoms with Gasteiger partial charge in [-0.25, -0.2) is 14.6 Å². The van der Waals surface area contributed by atoms with E-state index in [1.54, 1.807) is 0 Å². The van der Waals surface area contributed by atoms with Gasteiger partial charge in [-0.3, -0.25) is 0 Å². The fourth-order valence-electron chi connectivity index (χ4n) is 2.27. The predicted molar refractivity (Wildman–Crippen MR) is 80.0 cm³/mol. The molecule has 3 rings (SSSR count). The van der Waals surface area contributed by atoms with Crippen molar-refractivity contribution in [1.29, 1.82) is 0 Å². The normalized spacial score (nSPS) is 18.8. The maximum absolute atomic E-state index is 6.05. The van der Waals surface area contributed by atoms with Crippen LogP contribution in [0.2, 0.25) is 5.15 Å². The maximum atomic E-state index is 6.05. The van der Waals surface area contributed by atoms with Crippen molar-refractivity contribution in [3.63, 3.8) is 0 Å². The lowest BCUT2D eigenvalue weighted by atomic mass is 10.2. The van der Waals surface area contributed by atoms with Gasteiger partial charge in [0.05, 0.1) is 11.4 Å². The molecule has 2 aromatic heterocycles. The highest BCUT2D eigenvalue weighted by Gasteiger charge is 2.22. The van der Waals surface area contributed by atoms with Gasteiger partial charge in [-0.1, -0.05) is 25.4 Å². The maximum Gasteiger partial charge on any atom is 0.181 e. The Balaban J connectivity index is 0.000000704. The van der Waals surface area contributed by atoms with E-state index in [4.69, 9.17) is 16.3 Å². The number of hydrogen-bond acceptors (Lipinski definition) is 4. The molecule has 20 heavy (non-hydrogen) atoms. The summed E-state index contributed by atoms with van der Waals surface area (Å²) in [5.74, 6) is 0. The Morgan fingerprint density at radius 3 is 2.55 bits per heavy atom. The smallest absolute Gasteiger partial charge is 0.181 e. The lowest BCUT2D eigenvalue weighted by Crippen LogP contribution is -2.19. The van der Waals surface area contributed by atoms with Gasteiger partial charge in [-0.2, -0.15) is 5.10 Å². The Morgan fingerprint density at radius 2 is 1.90 bits per heavy atom. The Morgan fingerprint density at radius 1 is 1.15 bits per heavy atom. The summed E-state index contributed by atoms with van der Waals surface area (Å²) in [6.07, 6.45) is 3.19. The minimum Gasteiger partial charge on any atom is -0.356 e.